The molecule has 0 fully saturated rings. The lowest BCUT2D eigenvalue weighted by Crippen LogP contribution is -2.45. The molecule has 0 saturated carbocycles. The van der Waals surface area contributed by atoms with E-state index in [1.54, 1.807) is 35.5 Å². The molecule has 0 bridgehead atoms. The maximum absolute atomic E-state index is 13.5. The number of amides is 3. The number of hydrogen-bond acceptors (Lipinski definition) is 5. The molecule has 1 N–H and O–H groups in total. The van der Waals surface area contributed by atoms with Gasteiger partial charge in [-0.2, -0.15) is 0 Å². The fourth-order valence-electron chi connectivity index (χ4n) is 3.54. The summed E-state index contributed by atoms with van der Waals surface area (Å²) >= 11 is 1.63. The van der Waals surface area contributed by atoms with Crippen LogP contribution in [0.15, 0.2) is 66.0 Å². The van der Waals surface area contributed by atoms with Crippen molar-refractivity contribution in [1.29, 1.82) is 0 Å². The molecule has 0 aliphatic rings. The Morgan fingerprint density at radius 3 is 2.40 bits per heavy atom. The second kappa shape index (κ2) is 13.5. The number of carbonyl (C=O) groups excluding carboxylic acids is 2. The summed E-state index contributed by atoms with van der Waals surface area (Å²) in [5, 5.41) is 4.92. The average molecular weight is 496 g/mol. The van der Waals surface area contributed by atoms with Crippen LogP contribution in [0.4, 0.5) is 10.5 Å². The largest absolute Gasteiger partial charge is 0.492 e. The Labute approximate surface area is 211 Å². The zero-order valence-electron chi connectivity index (χ0n) is 20.5. The van der Waals surface area contributed by atoms with E-state index in [0.717, 1.165) is 16.0 Å². The second-order valence-electron chi connectivity index (χ2n) is 8.04. The normalized spacial score (nSPS) is 10.6. The summed E-state index contributed by atoms with van der Waals surface area (Å²) in [6.07, 6.45) is 0. The number of rotatable bonds is 12. The highest BCUT2D eigenvalue weighted by molar-refractivity contribution is 7.10. The van der Waals surface area contributed by atoms with Gasteiger partial charge in [0.1, 0.15) is 12.3 Å². The van der Waals surface area contributed by atoms with Crippen molar-refractivity contribution in [2.75, 3.05) is 38.7 Å². The minimum Gasteiger partial charge on any atom is -0.492 e. The van der Waals surface area contributed by atoms with E-state index in [4.69, 9.17) is 9.47 Å². The van der Waals surface area contributed by atoms with Crippen molar-refractivity contribution in [3.8, 4) is 5.75 Å². The molecule has 1 aromatic heterocycles. The second-order valence-corrected chi connectivity index (χ2v) is 9.04. The zero-order chi connectivity index (χ0) is 25.0. The van der Waals surface area contributed by atoms with E-state index in [9.17, 15) is 9.59 Å². The zero-order valence-corrected chi connectivity index (χ0v) is 21.3. The van der Waals surface area contributed by atoms with Crippen LogP contribution in [0.2, 0.25) is 0 Å². The summed E-state index contributed by atoms with van der Waals surface area (Å²) in [5.74, 6) is 0.450. The minimum atomic E-state index is -0.380. The Hall–Kier alpha value is -3.36. The van der Waals surface area contributed by atoms with E-state index in [1.807, 2.05) is 61.7 Å². The third kappa shape index (κ3) is 7.83. The molecular formula is C27H33N3O4S. The first-order chi connectivity index (χ1) is 17.0. The molecule has 0 radical (unpaired) electrons. The number of methoxy groups -OCH3 is 1. The summed E-state index contributed by atoms with van der Waals surface area (Å²) in [5.41, 5.74) is 2.75. The summed E-state index contributed by atoms with van der Waals surface area (Å²) < 4.78 is 10.8. The van der Waals surface area contributed by atoms with E-state index in [2.05, 4.69) is 11.4 Å². The van der Waals surface area contributed by atoms with Crippen molar-refractivity contribution in [3.05, 3.63) is 82.0 Å². The van der Waals surface area contributed by atoms with Crippen molar-refractivity contribution in [1.82, 2.24) is 9.80 Å². The van der Waals surface area contributed by atoms with Gasteiger partial charge >= 0.3 is 6.03 Å². The number of benzene rings is 2. The van der Waals surface area contributed by atoms with E-state index >= 15 is 0 Å². The Bertz CT molecular complexity index is 1090. The van der Waals surface area contributed by atoms with Crippen molar-refractivity contribution >= 4 is 29.0 Å². The van der Waals surface area contributed by atoms with Crippen LogP contribution in [0.5, 0.6) is 5.75 Å². The van der Waals surface area contributed by atoms with Crippen molar-refractivity contribution in [2.45, 2.75) is 26.9 Å². The fourth-order valence-corrected chi connectivity index (χ4v) is 4.46. The minimum absolute atomic E-state index is 0.0662. The third-order valence-corrected chi connectivity index (χ3v) is 6.49. The van der Waals surface area contributed by atoms with E-state index in [0.29, 0.717) is 37.7 Å². The number of nitrogens with one attached hydrogen (secondary N) is 1. The van der Waals surface area contributed by atoms with Gasteiger partial charge in [0.15, 0.2) is 0 Å². The summed E-state index contributed by atoms with van der Waals surface area (Å²) in [7, 11) is 1.57. The molecule has 35 heavy (non-hydrogen) atoms. The van der Waals surface area contributed by atoms with Gasteiger partial charge in [0.05, 0.1) is 25.4 Å². The van der Waals surface area contributed by atoms with E-state index in [-0.39, 0.29) is 25.0 Å². The van der Waals surface area contributed by atoms with Crippen LogP contribution in [-0.4, -0.2) is 55.2 Å². The first-order valence-corrected chi connectivity index (χ1v) is 12.5. The lowest BCUT2D eigenvalue weighted by Gasteiger charge is -2.28. The maximum atomic E-state index is 13.5. The van der Waals surface area contributed by atoms with Gasteiger partial charge in [-0.3, -0.25) is 4.79 Å². The smallest absolute Gasteiger partial charge is 0.322 e. The first-order valence-electron chi connectivity index (χ1n) is 11.6. The Morgan fingerprint density at radius 2 is 1.71 bits per heavy atom. The van der Waals surface area contributed by atoms with Crippen LogP contribution in [0.1, 0.15) is 22.9 Å². The van der Waals surface area contributed by atoms with Gasteiger partial charge in [-0.15, -0.1) is 11.3 Å². The van der Waals surface area contributed by atoms with Gasteiger partial charge in [0.25, 0.3) is 0 Å². The summed E-state index contributed by atoms with van der Waals surface area (Å²) in [4.78, 5) is 31.1. The number of nitrogens with zero attached hydrogens (tertiary/aromatic N) is 2. The number of anilines is 1. The summed E-state index contributed by atoms with van der Waals surface area (Å²) in [6.45, 7) is 5.90. The van der Waals surface area contributed by atoms with Crippen LogP contribution in [-0.2, 0) is 22.6 Å². The molecule has 1 heterocycles. The lowest BCUT2D eigenvalue weighted by molar-refractivity contribution is -0.133. The first kappa shape index (κ1) is 26.2. The average Bonchev–Trinajstić information content (AvgIpc) is 3.27. The van der Waals surface area contributed by atoms with E-state index < -0.39 is 0 Å². The molecule has 7 nitrogen and oxygen atoms in total. The molecule has 8 heteroatoms. The van der Waals surface area contributed by atoms with Crippen molar-refractivity contribution in [3.63, 3.8) is 0 Å². The van der Waals surface area contributed by atoms with Gasteiger partial charge in [-0.05, 0) is 48.6 Å². The van der Waals surface area contributed by atoms with Gasteiger partial charge in [-0.25, -0.2) is 4.79 Å². The van der Waals surface area contributed by atoms with Crippen molar-refractivity contribution < 1.29 is 19.1 Å². The number of thiophene rings is 1. The number of carbonyl (C=O) groups is 2. The summed E-state index contributed by atoms with van der Waals surface area (Å²) in [6, 6.07) is 18.8. The van der Waals surface area contributed by atoms with Gasteiger partial charge < -0.3 is 24.6 Å². The molecule has 0 aliphatic carbocycles. The number of ether oxygens (including phenoxy) is 2. The fraction of sp³-hybridized carbons (Fsp3) is 0.333. The number of urea groups is 1. The van der Waals surface area contributed by atoms with E-state index in [1.165, 1.54) is 4.90 Å². The lowest BCUT2D eigenvalue weighted by atomic mass is 10.2. The maximum Gasteiger partial charge on any atom is 0.322 e. The molecule has 0 spiro atoms. The Morgan fingerprint density at radius 1 is 0.971 bits per heavy atom. The predicted octanol–water partition coefficient (Wildman–Crippen LogP) is 5.16. The Kier molecular flexibility index (Phi) is 10.1. The molecule has 0 atom stereocenters. The monoisotopic (exact) mass is 495 g/mol. The molecule has 3 amide bonds. The van der Waals surface area contributed by atoms with Crippen LogP contribution < -0.4 is 10.1 Å². The SMILES string of the molecule is CCOc1ccccc1NC(=O)N(CCOC)CC(=O)N(Cc1ccccc1)Cc1sccc1C. The Balaban J connectivity index is 1.77. The number of para-hydroxylation sites is 2. The van der Waals surface area contributed by atoms with Crippen LogP contribution in [0, 0.1) is 6.92 Å². The highest BCUT2D eigenvalue weighted by atomic mass is 32.1. The van der Waals surface area contributed by atoms with Crippen LogP contribution in [0.25, 0.3) is 0 Å². The number of hydrogen-bond donors (Lipinski definition) is 1. The standard InChI is InChI=1S/C27H33N3O4S/c1-4-34-24-13-9-8-12-23(24)28-27(32)29(15-16-33-3)20-26(31)30(18-22-10-6-5-7-11-22)19-25-21(2)14-17-35-25/h5-14,17H,4,15-16,18-20H2,1-3H3,(H,28,32). The van der Waals surface area contributed by atoms with Gasteiger partial charge in [-0.1, -0.05) is 42.5 Å². The highest BCUT2D eigenvalue weighted by Crippen LogP contribution is 2.24. The molecule has 3 rings (SSSR count). The molecule has 2 aromatic carbocycles. The topological polar surface area (TPSA) is 71.1 Å². The van der Waals surface area contributed by atoms with Crippen LogP contribution in [0.3, 0.4) is 0 Å². The third-order valence-electron chi connectivity index (χ3n) is 5.48. The van der Waals surface area contributed by atoms with Gasteiger partial charge in [0.2, 0.25) is 5.91 Å². The molecule has 3 aromatic rings. The van der Waals surface area contributed by atoms with Gasteiger partial charge in [0, 0.05) is 25.1 Å². The molecule has 0 unspecified atom stereocenters. The predicted molar refractivity (Wildman–Crippen MR) is 140 cm³/mol. The molecule has 0 saturated heterocycles. The molecule has 186 valence electrons. The molecular weight excluding hydrogens is 462 g/mol. The van der Waals surface area contributed by atoms with Crippen LogP contribution >= 0.6 is 11.3 Å². The van der Waals surface area contributed by atoms with Crippen molar-refractivity contribution in [2.24, 2.45) is 0 Å². The highest BCUT2D eigenvalue weighted by Gasteiger charge is 2.23. The molecule has 0 aliphatic heterocycles. The quantitative estimate of drug-likeness (QED) is 0.377. The number of aryl methyl sites for hydroxylation is 1.